The monoisotopic (exact) mass is 494 g/mol. The summed E-state index contributed by atoms with van der Waals surface area (Å²) in [4.78, 5) is 24.6. The van der Waals surface area contributed by atoms with Gasteiger partial charge in [0.05, 0.1) is 9.83 Å². The van der Waals surface area contributed by atoms with E-state index in [0.29, 0.717) is 26.3 Å². The molecule has 0 atom stereocenters. The van der Waals surface area contributed by atoms with Gasteiger partial charge in [0.2, 0.25) is 0 Å². The third kappa shape index (κ3) is 5.34. The number of hydrogen-bond donors (Lipinski definition) is 0. The third-order valence-corrected chi connectivity index (χ3v) is 5.91. The van der Waals surface area contributed by atoms with Gasteiger partial charge in [0.25, 0.3) is 11.6 Å². The Hall–Kier alpha value is -2.43. The average molecular weight is 495 g/mol. The number of carbonyl (C=O) groups excluding carboxylic acids is 1. The Labute approximate surface area is 184 Å². The second-order valence-corrected chi connectivity index (χ2v) is 8.46. The molecule has 0 N–H and O–H groups in total. The van der Waals surface area contributed by atoms with Crippen LogP contribution in [0.3, 0.4) is 0 Å². The average Bonchev–Trinajstić information content (AvgIpc) is 2.94. The standard InChI is InChI=1S/C19H15BrN2O5S2/c1-21-18(23)17(29-19(21)28)11-12-10-14(22(24)25)4-7-16(12)27-9-8-26-15-5-2-13(20)3-6-15/h2-7,10-11H,8-9H2,1H3. The maximum absolute atomic E-state index is 12.2. The second-order valence-electron chi connectivity index (χ2n) is 5.87. The van der Waals surface area contributed by atoms with Crippen LogP contribution in [0.5, 0.6) is 11.5 Å². The smallest absolute Gasteiger partial charge is 0.270 e. The van der Waals surface area contributed by atoms with E-state index in [-0.39, 0.29) is 24.8 Å². The zero-order chi connectivity index (χ0) is 21.0. The highest BCUT2D eigenvalue weighted by Crippen LogP contribution is 2.34. The highest BCUT2D eigenvalue weighted by molar-refractivity contribution is 9.10. The van der Waals surface area contributed by atoms with Crippen LogP contribution in [0.1, 0.15) is 5.56 Å². The SMILES string of the molecule is CN1C(=O)C(=Cc2cc([N+](=O)[O-])ccc2OCCOc2ccc(Br)cc2)SC1=S. The molecule has 1 aliphatic heterocycles. The van der Waals surface area contributed by atoms with Gasteiger partial charge >= 0.3 is 0 Å². The lowest BCUT2D eigenvalue weighted by atomic mass is 10.1. The molecule has 1 heterocycles. The number of thiocarbonyl (C=S) groups is 1. The summed E-state index contributed by atoms with van der Waals surface area (Å²) >= 11 is 9.62. The van der Waals surface area contributed by atoms with Crippen molar-refractivity contribution in [3.8, 4) is 11.5 Å². The van der Waals surface area contributed by atoms with E-state index in [1.165, 1.54) is 23.1 Å². The summed E-state index contributed by atoms with van der Waals surface area (Å²) in [6, 6.07) is 11.6. The van der Waals surface area contributed by atoms with Crippen LogP contribution in [0.4, 0.5) is 5.69 Å². The topological polar surface area (TPSA) is 81.9 Å². The molecule has 10 heteroatoms. The maximum Gasteiger partial charge on any atom is 0.270 e. The van der Waals surface area contributed by atoms with Crippen LogP contribution in [0.2, 0.25) is 0 Å². The molecule has 0 unspecified atom stereocenters. The maximum atomic E-state index is 12.2. The summed E-state index contributed by atoms with van der Waals surface area (Å²) < 4.78 is 12.7. The van der Waals surface area contributed by atoms with Crippen LogP contribution in [0.25, 0.3) is 6.08 Å². The molecule has 0 saturated carbocycles. The number of nitrogens with zero attached hydrogens (tertiary/aromatic N) is 2. The largest absolute Gasteiger partial charge is 0.490 e. The van der Waals surface area contributed by atoms with Crippen LogP contribution >= 0.6 is 39.9 Å². The number of nitro groups is 1. The quantitative estimate of drug-likeness (QED) is 0.182. The first-order valence-corrected chi connectivity index (χ1v) is 10.4. The van der Waals surface area contributed by atoms with Gasteiger partial charge in [-0.05, 0) is 36.4 Å². The number of carbonyl (C=O) groups is 1. The van der Waals surface area contributed by atoms with Crippen LogP contribution in [-0.2, 0) is 4.79 Å². The van der Waals surface area contributed by atoms with E-state index in [0.717, 1.165) is 16.2 Å². The molecular formula is C19H15BrN2O5S2. The summed E-state index contributed by atoms with van der Waals surface area (Å²) in [5.41, 5.74) is 0.332. The Kier molecular flexibility index (Phi) is 6.88. The van der Waals surface area contributed by atoms with Gasteiger partial charge in [-0.25, -0.2) is 0 Å². The van der Waals surface area contributed by atoms with Crippen molar-refractivity contribution in [1.29, 1.82) is 0 Å². The molecule has 0 bridgehead atoms. The van der Waals surface area contributed by atoms with Gasteiger partial charge < -0.3 is 9.47 Å². The lowest BCUT2D eigenvalue weighted by molar-refractivity contribution is -0.384. The van der Waals surface area contributed by atoms with Crippen LogP contribution < -0.4 is 9.47 Å². The summed E-state index contributed by atoms with van der Waals surface area (Å²) in [5, 5.41) is 11.1. The Morgan fingerprint density at radius 2 is 1.90 bits per heavy atom. The van der Waals surface area contributed by atoms with Gasteiger partial charge in [-0.1, -0.05) is 39.9 Å². The Morgan fingerprint density at radius 1 is 1.21 bits per heavy atom. The van der Waals surface area contributed by atoms with Crippen molar-refractivity contribution in [3.63, 3.8) is 0 Å². The molecule has 0 aliphatic carbocycles. The minimum absolute atomic E-state index is 0.0957. The molecule has 150 valence electrons. The van der Waals surface area contributed by atoms with Gasteiger partial charge in [0.1, 0.15) is 29.0 Å². The number of halogens is 1. The highest BCUT2D eigenvalue weighted by Gasteiger charge is 2.29. The van der Waals surface area contributed by atoms with Crippen LogP contribution in [0.15, 0.2) is 51.8 Å². The van der Waals surface area contributed by atoms with E-state index in [4.69, 9.17) is 21.7 Å². The first kappa shape index (κ1) is 21.3. The Bertz CT molecular complexity index is 995. The van der Waals surface area contributed by atoms with Gasteiger partial charge in [0.15, 0.2) is 0 Å². The molecule has 7 nitrogen and oxygen atoms in total. The molecule has 1 aliphatic rings. The summed E-state index contributed by atoms with van der Waals surface area (Å²) in [6.45, 7) is 0.512. The lowest BCUT2D eigenvalue weighted by Gasteiger charge is -2.11. The van der Waals surface area contributed by atoms with Crippen molar-refractivity contribution in [2.75, 3.05) is 20.3 Å². The van der Waals surface area contributed by atoms with Crippen LogP contribution in [0, 0.1) is 10.1 Å². The normalized spacial score (nSPS) is 15.1. The molecule has 0 aromatic heterocycles. The molecule has 29 heavy (non-hydrogen) atoms. The van der Waals surface area contributed by atoms with Crippen LogP contribution in [-0.4, -0.2) is 40.3 Å². The van der Waals surface area contributed by atoms with Crippen molar-refractivity contribution >= 4 is 61.9 Å². The second kappa shape index (κ2) is 9.38. The van der Waals surface area contributed by atoms with E-state index < -0.39 is 4.92 Å². The van der Waals surface area contributed by atoms with Gasteiger partial charge in [-0.15, -0.1) is 0 Å². The van der Waals surface area contributed by atoms with E-state index in [1.807, 2.05) is 24.3 Å². The number of non-ortho nitro benzene ring substituents is 1. The Balaban J connectivity index is 1.74. The summed E-state index contributed by atoms with van der Waals surface area (Å²) in [7, 11) is 1.59. The fourth-order valence-electron chi connectivity index (χ4n) is 2.42. The minimum atomic E-state index is -0.497. The van der Waals surface area contributed by atoms with E-state index in [9.17, 15) is 14.9 Å². The summed E-state index contributed by atoms with van der Waals surface area (Å²) in [5.74, 6) is 0.861. The predicted molar refractivity (Wildman–Crippen MR) is 119 cm³/mol. The molecule has 1 saturated heterocycles. The van der Waals surface area contributed by atoms with Crippen molar-refractivity contribution < 1.29 is 19.2 Å². The number of rotatable bonds is 7. The zero-order valence-electron chi connectivity index (χ0n) is 15.2. The van der Waals surface area contributed by atoms with Gasteiger partial charge in [0, 0.05) is 29.2 Å². The molecule has 1 amide bonds. The summed E-state index contributed by atoms with van der Waals surface area (Å²) in [6.07, 6.45) is 1.56. The van der Waals surface area contributed by atoms with Gasteiger partial charge in [-0.3, -0.25) is 19.8 Å². The molecule has 0 radical (unpaired) electrons. The number of thioether (sulfide) groups is 1. The zero-order valence-corrected chi connectivity index (χ0v) is 18.4. The fraction of sp³-hybridized carbons (Fsp3) is 0.158. The van der Waals surface area contributed by atoms with Crippen molar-refractivity contribution in [3.05, 3.63) is 67.5 Å². The van der Waals surface area contributed by atoms with Gasteiger partial charge in [-0.2, -0.15) is 0 Å². The highest BCUT2D eigenvalue weighted by atomic mass is 79.9. The van der Waals surface area contributed by atoms with E-state index in [1.54, 1.807) is 13.1 Å². The first-order valence-electron chi connectivity index (χ1n) is 8.36. The minimum Gasteiger partial charge on any atom is -0.490 e. The van der Waals surface area contributed by atoms with E-state index >= 15 is 0 Å². The number of likely N-dealkylation sites (N-methyl/N-ethyl adjacent to an activating group) is 1. The number of amides is 1. The van der Waals surface area contributed by atoms with Crippen molar-refractivity contribution in [2.24, 2.45) is 0 Å². The molecular weight excluding hydrogens is 480 g/mol. The lowest BCUT2D eigenvalue weighted by Crippen LogP contribution is -2.22. The molecule has 1 fully saturated rings. The number of ether oxygens (including phenoxy) is 2. The fourth-order valence-corrected chi connectivity index (χ4v) is 3.86. The Morgan fingerprint density at radius 3 is 2.52 bits per heavy atom. The molecule has 2 aromatic rings. The van der Waals surface area contributed by atoms with Crippen molar-refractivity contribution in [2.45, 2.75) is 0 Å². The number of hydrogen-bond acceptors (Lipinski definition) is 7. The number of benzene rings is 2. The predicted octanol–water partition coefficient (Wildman–Crippen LogP) is 4.65. The van der Waals surface area contributed by atoms with Crippen molar-refractivity contribution in [1.82, 2.24) is 4.90 Å². The molecule has 0 spiro atoms. The third-order valence-electron chi connectivity index (χ3n) is 3.90. The molecule has 2 aromatic carbocycles. The molecule has 3 rings (SSSR count). The van der Waals surface area contributed by atoms with E-state index in [2.05, 4.69) is 15.9 Å². The number of nitro benzene ring substituents is 1. The first-order chi connectivity index (χ1) is 13.8.